The maximum atomic E-state index is 12.7. The van der Waals surface area contributed by atoms with Gasteiger partial charge < -0.3 is 15.9 Å². The van der Waals surface area contributed by atoms with Crippen LogP contribution >= 0.6 is 0 Å². The molecule has 1 fully saturated rings. The Balaban J connectivity index is 0.000000572. The van der Waals surface area contributed by atoms with Crippen molar-refractivity contribution in [2.75, 3.05) is 26.2 Å². The smallest absolute Gasteiger partial charge is 0.333 e. The average Bonchev–Trinajstić information content (AvgIpc) is 3.91. The Hall–Kier alpha value is -5.52. The summed E-state index contributed by atoms with van der Waals surface area (Å²) in [5.74, 6) is -1.82. The summed E-state index contributed by atoms with van der Waals surface area (Å²) in [4.78, 5) is 147. The highest BCUT2D eigenvalue weighted by Gasteiger charge is 2.34. The number of Topliss-reactive ketones (excluding diaryl/α,β-unsaturated/α-hetero) is 4. The molecule has 3 aliphatic heterocycles. The molecule has 0 radical (unpaired) electrons. The van der Waals surface area contributed by atoms with Crippen molar-refractivity contribution < 1.29 is 62.4 Å². The van der Waals surface area contributed by atoms with E-state index in [1.54, 1.807) is 0 Å². The zero-order valence-electron chi connectivity index (χ0n) is 44.9. The van der Waals surface area contributed by atoms with E-state index in [-0.39, 0.29) is 123 Å². The van der Waals surface area contributed by atoms with E-state index in [1.807, 2.05) is 41.5 Å². The number of hydroxylamine groups is 2. The maximum Gasteiger partial charge on any atom is 0.333 e. The summed E-state index contributed by atoms with van der Waals surface area (Å²) >= 11 is 0. The third-order valence-electron chi connectivity index (χ3n) is 12.0. The lowest BCUT2D eigenvalue weighted by molar-refractivity contribution is -0.197. The van der Waals surface area contributed by atoms with Gasteiger partial charge in [-0.3, -0.25) is 62.5 Å². The summed E-state index contributed by atoms with van der Waals surface area (Å²) in [6.07, 6.45) is 13.5. The Morgan fingerprint density at radius 2 is 0.944 bits per heavy atom. The van der Waals surface area contributed by atoms with Gasteiger partial charge in [0.2, 0.25) is 5.91 Å². The van der Waals surface area contributed by atoms with Crippen molar-refractivity contribution in [1.82, 2.24) is 20.2 Å². The first-order valence-electron chi connectivity index (χ1n) is 25.8. The van der Waals surface area contributed by atoms with Crippen LogP contribution in [0, 0.1) is 34.5 Å². The van der Waals surface area contributed by atoms with Gasteiger partial charge in [0, 0.05) is 118 Å². The highest BCUT2D eigenvalue weighted by atomic mass is 16.7. The number of hydrogen-bond donors (Lipinski definition) is 2. The largest absolute Gasteiger partial charge is 0.356 e. The molecule has 0 bridgehead atoms. The molecule has 0 saturated carbocycles. The lowest BCUT2D eigenvalue weighted by atomic mass is 9.77. The van der Waals surface area contributed by atoms with Gasteiger partial charge in [0.05, 0.1) is 0 Å². The van der Waals surface area contributed by atoms with Crippen LogP contribution in [0.4, 0.5) is 0 Å². The van der Waals surface area contributed by atoms with Gasteiger partial charge in [-0.25, -0.2) is 4.79 Å². The summed E-state index contributed by atoms with van der Waals surface area (Å²) in [5, 5.41) is 3.34. The minimum absolute atomic E-state index is 0.00469. The highest BCUT2D eigenvalue weighted by molar-refractivity contribution is 6.13. The van der Waals surface area contributed by atoms with Crippen molar-refractivity contribution in [2.45, 2.75) is 185 Å². The SMILES string of the molecule is CC(C)CC(CCCCN)C(=O)C(C)(C)C.CC(C)CC(CCCCNC(=O)CCCC(=O)CCN1C(=O)C=CC1=O)C(=O)C(C)(C)C.O=C(CCCC(=O)ON1C(=O)CCC1=O)CCN1C(=O)C=CC1=O. The molecule has 1 saturated heterocycles. The number of unbranched alkanes of at least 4 members (excludes halogenated alkanes) is 2. The second kappa shape index (κ2) is 32.5. The second-order valence-electron chi connectivity index (χ2n) is 21.7. The van der Waals surface area contributed by atoms with Crippen LogP contribution in [0.5, 0.6) is 0 Å². The first-order chi connectivity index (χ1) is 33.6. The Morgan fingerprint density at radius 3 is 1.32 bits per heavy atom. The van der Waals surface area contributed by atoms with Crippen LogP contribution < -0.4 is 11.1 Å². The summed E-state index contributed by atoms with van der Waals surface area (Å²) in [7, 11) is 0. The maximum absolute atomic E-state index is 12.7. The van der Waals surface area contributed by atoms with Crippen LogP contribution in [0.2, 0.25) is 0 Å². The van der Waals surface area contributed by atoms with E-state index in [2.05, 4.69) is 37.8 Å². The average molecular weight is 1010 g/mol. The van der Waals surface area contributed by atoms with Crippen LogP contribution in [0.1, 0.15) is 185 Å². The predicted molar refractivity (Wildman–Crippen MR) is 270 cm³/mol. The molecule has 3 rings (SSSR count). The standard InChI is InChI=1S/C25H40N2O5.C15H16N2O7.C14H29NO/c1-18(2)17-19(24(32)25(3,4)5)9-6-7-15-26-21(29)11-8-10-20(28)14-16-27-22(30)12-13-23(27)31;18-10(8-9-16-11(19)4-5-12(16)20)2-1-3-15(23)24-17-13(21)6-7-14(17)22;1-11(2)10-12(8-6-7-9-15)13(16)14(3,4)5/h12-13,18-19H,6-11,14-17H2,1-5H3,(H,26,29);4-5H,1-3,6-9H2;11-12H,6-10,15H2,1-5H3. The van der Waals surface area contributed by atoms with Crippen molar-refractivity contribution >= 4 is 70.5 Å². The van der Waals surface area contributed by atoms with Crippen molar-refractivity contribution in [1.29, 1.82) is 0 Å². The molecule has 0 aromatic rings. The van der Waals surface area contributed by atoms with Gasteiger partial charge in [-0.05, 0) is 69.7 Å². The highest BCUT2D eigenvalue weighted by Crippen LogP contribution is 2.29. The Morgan fingerprint density at radius 1 is 0.556 bits per heavy atom. The monoisotopic (exact) mass is 1010 g/mol. The number of nitrogens with zero attached hydrogens (tertiary/aromatic N) is 3. The molecule has 18 heteroatoms. The second-order valence-corrected chi connectivity index (χ2v) is 21.7. The van der Waals surface area contributed by atoms with E-state index >= 15 is 0 Å². The van der Waals surface area contributed by atoms with Gasteiger partial charge in [-0.15, -0.1) is 5.06 Å². The fraction of sp³-hybridized carbons (Fsp3) is 0.704. The molecule has 18 nitrogen and oxygen atoms in total. The molecular formula is C54H85N5O13. The number of nitrogens with two attached hydrogens (primary N) is 1. The third-order valence-corrected chi connectivity index (χ3v) is 12.0. The normalized spacial score (nSPS) is 15.5. The first kappa shape index (κ1) is 64.5. The topological polar surface area (TPSA) is 262 Å². The van der Waals surface area contributed by atoms with E-state index in [0.717, 1.165) is 79.9 Å². The minimum atomic E-state index is -0.763. The molecule has 0 aliphatic carbocycles. The quantitative estimate of drug-likeness (QED) is 0.0564. The molecular weight excluding hydrogens is 927 g/mol. The molecule has 2 unspecified atom stereocenters. The Labute approximate surface area is 427 Å². The van der Waals surface area contributed by atoms with E-state index in [4.69, 9.17) is 5.73 Å². The van der Waals surface area contributed by atoms with Gasteiger partial charge >= 0.3 is 5.97 Å². The molecule has 72 heavy (non-hydrogen) atoms. The van der Waals surface area contributed by atoms with Crippen LogP contribution in [-0.2, 0) is 62.4 Å². The van der Waals surface area contributed by atoms with E-state index < -0.39 is 29.6 Å². The Bertz CT molecular complexity index is 1920. The number of carbonyl (C=O) groups excluding carboxylic acids is 12. The summed E-state index contributed by atoms with van der Waals surface area (Å²) < 4.78 is 0. The lowest BCUT2D eigenvalue weighted by Crippen LogP contribution is -2.32. The number of amides is 7. The fourth-order valence-electron chi connectivity index (χ4n) is 8.15. The number of carbonyl (C=O) groups is 12. The number of nitrogens with one attached hydrogen (secondary N) is 1. The molecule has 0 spiro atoms. The van der Waals surface area contributed by atoms with E-state index in [0.29, 0.717) is 41.4 Å². The first-order valence-corrected chi connectivity index (χ1v) is 25.8. The molecule has 7 amide bonds. The van der Waals surface area contributed by atoms with Crippen LogP contribution in [0.15, 0.2) is 24.3 Å². The number of rotatable bonds is 30. The van der Waals surface area contributed by atoms with Gasteiger partial charge in [0.1, 0.15) is 23.1 Å². The molecule has 2 atom stereocenters. The van der Waals surface area contributed by atoms with Crippen molar-refractivity contribution in [3.63, 3.8) is 0 Å². The van der Waals surface area contributed by atoms with Crippen molar-refractivity contribution in [3.05, 3.63) is 24.3 Å². The summed E-state index contributed by atoms with van der Waals surface area (Å²) in [5.41, 5.74) is 4.96. The molecule has 3 heterocycles. The van der Waals surface area contributed by atoms with E-state index in [1.165, 1.54) is 12.2 Å². The van der Waals surface area contributed by atoms with E-state index in [9.17, 15) is 57.5 Å². The molecule has 0 aromatic heterocycles. The van der Waals surface area contributed by atoms with Gasteiger partial charge in [-0.2, -0.15) is 0 Å². The minimum Gasteiger partial charge on any atom is -0.356 e. The van der Waals surface area contributed by atoms with Gasteiger partial charge in [0.25, 0.3) is 35.4 Å². The third kappa shape index (κ3) is 25.7. The van der Waals surface area contributed by atoms with Crippen LogP contribution in [0.25, 0.3) is 0 Å². The van der Waals surface area contributed by atoms with Crippen LogP contribution in [0.3, 0.4) is 0 Å². The number of imide groups is 3. The van der Waals surface area contributed by atoms with Crippen molar-refractivity contribution in [3.8, 4) is 0 Å². The number of ketones is 4. The summed E-state index contributed by atoms with van der Waals surface area (Å²) in [6, 6.07) is 0. The van der Waals surface area contributed by atoms with Gasteiger partial charge in [-0.1, -0.05) is 82.1 Å². The zero-order valence-corrected chi connectivity index (χ0v) is 44.9. The van der Waals surface area contributed by atoms with Crippen molar-refractivity contribution in [2.24, 2.45) is 40.2 Å². The lowest BCUT2D eigenvalue weighted by Gasteiger charge is -2.26. The molecule has 404 valence electrons. The van der Waals surface area contributed by atoms with Crippen LogP contribution in [-0.4, -0.2) is 111 Å². The Kier molecular flexibility index (Phi) is 29.1. The molecule has 3 aliphatic rings. The number of hydrogen-bond acceptors (Lipinski definition) is 14. The predicted octanol–water partition coefficient (Wildman–Crippen LogP) is 6.65. The molecule has 0 aromatic carbocycles. The zero-order chi connectivity index (χ0) is 54.8. The fourth-order valence-corrected chi connectivity index (χ4v) is 8.15. The summed E-state index contributed by atoms with van der Waals surface area (Å²) in [6.45, 7) is 22.0. The van der Waals surface area contributed by atoms with Gasteiger partial charge in [0.15, 0.2) is 0 Å². The molecule has 3 N–H and O–H groups in total.